The fourth-order valence-corrected chi connectivity index (χ4v) is 1.97. The minimum atomic E-state index is -0.632. The molecule has 2 aromatic heterocycles. The van der Waals surface area contributed by atoms with E-state index in [2.05, 4.69) is 15.4 Å². The number of aromatic nitrogens is 3. The molecule has 0 saturated heterocycles. The van der Waals surface area contributed by atoms with E-state index in [1.54, 1.807) is 29.3 Å². The maximum absolute atomic E-state index is 13.3. The average Bonchev–Trinajstić information content (AvgIpc) is 3.03. The lowest BCUT2D eigenvalue weighted by Crippen LogP contribution is -2.06. The Labute approximate surface area is 120 Å². The Morgan fingerprint density at radius 1 is 1.19 bits per heavy atom. The van der Waals surface area contributed by atoms with Gasteiger partial charge < -0.3 is 10.4 Å². The zero-order valence-electron chi connectivity index (χ0n) is 11.1. The number of nitrogens with zero attached hydrogens (tertiary/aromatic N) is 3. The molecule has 106 valence electrons. The summed E-state index contributed by atoms with van der Waals surface area (Å²) in [6.07, 6.45) is 5.16. The van der Waals surface area contributed by atoms with E-state index >= 15 is 0 Å². The number of hydrogen-bond acceptors (Lipinski definition) is 4. The number of rotatable bonds is 4. The molecule has 3 rings (SSSR count). The minimum Gasteiger partial charge on any atom is -0.505 e. The van der Waals surface area contributed by atoms with Gasteiger partial charge in [-0.3, -0.25) is 0 Å². The van der Waals surface area contributed by atoms with Crippen molar-refractivity contribution < 1.29 is 9.50 Å². The molecule has 0 fully saturated rings. The highest BCUT2D eigenvalue weighted by molar-refractivity contribution is 5.56. The van der Waals surface area contributed by atoms with Gasteiger partial charge in [-0.15, -0.1) is 0 Å². The molecule has 1 aromatic carbocycles. The molecular formula is C15H13FN4O. The van der Waals surface area contributed by atoms with Crippen LogP contribution < -0.4 is 5.32 Å². The Bertz CT molecular complexity index is 743. The SMILES string of the molecule is Oc1ccc(CNc2cccnc2-n2cccn2)cc1F. The van der Waals surface area contributed by atoms with Crippen molar-refractivity contribution in [2.75, 3.05) is 5.32 Å². The molecule has 0 radical (unpaired) electrons. The van der Waals surface area contributed by atoms with Gasteiger partial charge in [0.2, 0.25) is 0 Å². The number of nitrogens with one attached hydrogen (secondary N) is 1. The number of aromatic hydroxyl groups is 1. The molecule has 0 bridgehead atoms. The topological polar surface area (TPSA) is 63.0 Å². The van der Waals surface area contributed by atoms with Crippen molar-refractivity contribution >= 4 is 5.69 Å². The third-order valence-electron chi connectivity index (χ3n) is 3.00. The summed E-state index contributed by atoms with van der Waals surface area (Å²) >= 11 is 0. The molecule has 5 nitrogen and oxygen atoms in total. The van der Waals surface area contributed by atoms with Gasteiger partial charge in [0.1, 0.15) is 0 Å². The molecule has 2 heterocycles. The van der Waals surface area contributed by atoms with Crippen molar-refractivity contribution in [3.05, 3.63) is 66.4 Å². The first kappa shape index (κ1) is 13.1. The molecule has 0 atom stereocenters. The van der Waals surface area contributed by atoms with E-state index in [1.165, 1.54) is 12.1 Å². The summed E-state index contributed by atoms with van der Waals surface area (Å²) < 4.78 is 15.0. The Morgan fingerprint density at radius 3 is 2.86 bits per heavy atom. The van der Waals surface area contributed by atoms with Crippen molar-refractivity contribution in [1.29, 1.82) is 0 Å². The van der Waals surface area contributed by atoms with Crippen LogP contribution in [0, 0.1) is 5.82 Å². The van der Waals surface area contributed by atoms with Crippen LogP contribution in [-0.2, 0) is 6.54 Å². The minimum absolute atomic E-state index is 0.350. The summed E-state index contributed by atoms with van der Waals surface area (Å²) in [4.78, 5) is 4.29. The fraction of sp³-hybridized carbons (Fsp3) is 0.0667. The van der Waals surface area contributed by atoms with Gasteiger partial charge in [0.25, 0.3) is 0 Å². The van der Waals surface area contributed by atoms with Crippen LogP contribution in [0.15, 0.2) is 55.0 Å². The second kappa shape index (κ2) is 5.62. The number of phenols is 1. The highest BCUT2D eigenvalue weighted by Gasteiger charge is 2.06. The van der Waals surface area contributed by atoms with Crippen LogP contribution >= 0.6 is 0 Å². The first-order valence-electron chi connectivity index (χ1n) is 6.40. The quantitative estimate of drug-likeness (QED) is 0.773. The number of pyridine rings is 1. The third-order valence-corrected chi connectivity index (χ3v) is 3.00. The van der Waals surface area contributed by atoms with E-state index in [1.807, 2.05) is 18.2 Å². The summed E-state index contributed by atoms with van der Waals surface area (Å²) in [5, 5.41) is 16.5. The van der Waals surface area contributed by atoms with Crippen LogP contribution in [0.25, 0.3) is 5.82 Å². The van der Waals surface area contributed by atoms with Gasteiger partial charge in [0, 0.05) is 25.1 Å². The molecule has 2 N–H and O–H groups in total. The average molecular weight is 284 g/mol. The predicted octanol–water partition coefficient (Wildman–Crippen LogP) is 2.72. The standard InChI is InChI=1S/C15H13FN4O/c16-12-9-11(4-5-14(12)21)10-18-13-3-1-6-17-15(13)20-8-2-7-19-20/h1-9,18,21H,10H2. The van der Waals surface area contributed by atoms with Crippen LogP contribution in [0.4, 0.5) is 10.1 Å². The molecular weight excluding hydrogens is 271 g/mol. The lowest BCUT2D eigenvalue weighted by Gasteiger charge is -2.11. The number of anilines is 1. The molecule has 0 spiro atoms. The molecule has 0 saturated carbocycles. The Balaban J connectivity index is 1.81. The predicted molar refractivity (Wildman–Crippen MR) is 76.8 cm³/mol. The van der Waals surface area contributed by atoms with Crippen LogP contribution in [0.5, 0.6) is 5.75 Å². The van der Waals surface area contributed by atoms with E-state index < -0.39 is 5.82 Å². The highest BCUT2D eigenvalue weighted by atomic mass is 19.1. The summed E-state index contributed by atoms with van der Waals surface area (Å²) in [7, 11) is 0. The smallest absolute Gasteiger partial charge is 0.176 e. The van der Waals surface area contributed by atoms with E-state index in [4.69, 9.17) is 0 Å². The van der Waals surface area contributed by atoms with Gasteiger partial charge in [0.15, 0.2) is 17.4 Å². The van der Waals surface area contributed by atoms with Crippen molar-refractivity contribution in [2.45, 2.75) is 6.54 Å². The molecule has 3 aromatic rings. The molecule has 0 unspecified atom stereocenters. The lowest BCUT2D eigenvalue weighted by atomic mass is 10.2. The van der Waals surface area contributed by atoms with Gasteiger partial charge >= 0.3 is 0 Å². The summed E-state index contributed by atoms with van der Waals surface area (Å²) in [6.45, 7) is 0.414. The lowest BCUT2D eigenvalue weighted by molar-refractivity contribution is 0.432. The summed E-state index contributed by atoms with van der Waals surface area (Å²) in [5.41, 5.74) is 1.51. The van der Waals surface area contributed by atoms with Crippen LogP contribution in [0.3, 0.4) is 0 Å². The monoisotopic (exact) mass is 284 g/mol. The molecule has 21 heavy (non-hydrogen) atoms. The van der Waals surface area contributed by atoms with Crippen molar-refractivity contribution in [1.82, 2.24) is 14.8 Å². The molecule has 0 aliphatic heterocycles. The number of benzene rings is 1. The fourth-order valence-electron chi connectivity index (χ4n) is 1.97. The van der Waals surface area contributed by atoms with E-state index in [9.17, 15) is 9.50 Å². The number of phenolic OH excluding ortho intramolecular Hbond substituents is 1. The normalized spacial score (nSPS) is 10.5. The van der Waals surface area contributed by atoms with Crippen molar-refractivity contribution in [3.8, 4) is 11.6 Å². The summed E-state index contributed by atoms with van der Waals surface area (Å²) in [6, 6.07) is 9.80. The first-order chi connectivity index (χ1) is 10.2. The van der Waals surface area contributed by atoms with Gasteiger partial charge in [-0.25, -0.2) is 14.1 Å². The zero-order chi connectivity index (χ0) is 14.7. The van der Waals surface area contributed by atoms with Crippen LogP contribution in [-0.4, -0.2) is 19.9 Å². The van der Waals surface area contributed by atoms with E-state index in [0.717, 1.165) is 11.3 Å². The number of halogens is 1. The van der Waals surface area contributed by atoms with Gasteiger partial charge in [0.05, 0.1) is 5.69 Å². The zero-order valence-corrected chi connectivity index (χ0v) is 11.1. The summed E-state index contributed by atoms with van der Waals surface area (Å²) in [5.74, 6) is -0.313. The highest BCUT2D eigenvalue weighted by Crippen LogP contribution is 2.19. The van der Waals surface area contributed by atoms with Crippen LogP contribution in [0.2, 0.25) is 0 Å². The van der Waals surface area contributed by atoms with Gasteiger partial charge in [-0.2, -0.15) is 5.10 Å². The van der Waals surface area contributed by atoms with E-state index in [-0.39, 0.29) is 5.75 Å². The first-order valence-corrected chi connectivity index (χ1v) is 6.40. The molecule has 0 amide bonds. The molecule has 0 aliphatic rings. The maximum atomic E-state index is 13.3. The van der Waals surface area contributed by atoms with Crippen LogP contribution in [0.1, 0.15) is 5.56 Å². The largest absolute Gasteiger partial charge is 0.505 e. The second-order valence-corrected chi connectivity index (χ2v) is 4.46. The van der Waals surface area contributed by atoms with E-state index in [0.29, 0.717) is 12.4 Å². The second-order valence-electron chi connectivity index (χ2n) is 4.46. The third kappa shape index (κ3) is 2.84. The van der Waals surface area contributed by atoms with Gasteiger partial charge in [-0.05, 0) is 35.9 Å². The maximum Gasteiger partial charge on any atom is 0.176 e. The Hall–Kier alpha value is -2.89. The van der Waals surface area contributed by atoms with Crippen molar-refractivity contribution in [3.63, 3.8) is 0 Å². The Kier molecular flexibility index (Phi) is 3.51. The van der Waals surface area contributed by atoms with Gasteiger partial charge in [-0.1, -0.05) is 6.07 Å². The Morgan fingerprint density at radius 2 is 2.10 bits per heavy atom. The number of hydrogen-bond donors (Lipinski definition) is 2. The molecule has 6 heteroatoms. The van der Waals surface area contributed by atoms with Crippen molar-refractivity contribution in [2.24, 2.45) is 0 Å². The molecule has 0 aliphatic carbocycles.